The Bertz CT molecular complexity index is 1210. The number of carbonyl (C=O) groups is 2. The van der Waals surface area contributed by atoms with Crippen LogP contribution in [0.15, 0.2) is 66.1 Å². The van der Waals surface area contributed by atoms with Gasteiger partial charge < -0.3 is 15.0 Å². The number of carbonyl (C=O) groups excluding carboxylic acids is 2. The third-order valence-electron chi connectivity index (χ3n) is 5.22. The van der Waals surface area contributed by atoms with Crippen molar-refractivity contribution in [1.29, 1.82) is 0 Å². The van der Waals surface area contributed by atoms with Gasteiger partial charge in [0.15, 0.2) is 0 Å². The Kier molecular flexibility index (Phi) is 6.41. The number of esters is 1. The van der Waals surface area contributed by atoms with Gasteiger partial charge in [-0.05, 0) is 55.8 Å². The fourth-order valence-electron chi connectivity index (χ4n) is 3.72. The first-order valence-electron chi connectivity index (χ1n) is 10.2. The zero-order valence-corrected chi connectivity index (χ0v) is 18.7. The minimum atomic E-state index is -0.683. The Balaban J connectivity index is 1.72. The van der Waals surface area contributed by atoms with E-state index in [-0.39, 0.29) is 19.1 Å². The van der Waals surface area contributed by atoms with E-state index in [2.05, 4.69) is 15.4 Å². The molecule has 1 amide bonds. The van der Waals surface area contributed by atoms with E-state index < -0.39 is 17.8 Å². The Morgan fingerprint density at radius 1 is 1.15 bits per heavy atom. The first kappa shape index (κ1) is 22.5. The van der Waals surface area contributed by atoms with Gasteiger partial charge in [-0.1, -0.05) is 23.7 Å². The van der Waals surface area contributed by atoms with Gasteiger partial charge in [0, 0.05) is 16.4 Å². The van der Waals surface area contributed by atoms with E-state index in [0.29, 0.717) is 33.5 Å². The molecule has 33 heavy (non-hydrogen) atoms. The lowest BCUT2D eigenvalue weighted by molar-refractivity contribution is -0.139. The topological polar surface area (TPSA) is 89.3 Å². The average molecular weight is 470 g/mol. The van der Waals surface area contributed by atoms with E-state index in [9.17, 15) is 14.0 Å². The third-order valence-corrected chi connectivity index (χ3v) is 5.47. The highest BCUT2D eigenvalue weighted by Gasteiger charge is 2.38. The second kappa shape index (κ2) is 9.41. The quantitative estimate of drug-likeness (QED) is 0.550. The van der Waals surface area contributed by atoms with Crippen molar-refractivity contribution in [2.24, 2.45) is 0 Å². The van der Waals surface area contributed by atoms with Crippen molar-refractivity contribution >= 4 is 35.1 Å². The maximum Gasteiger partial charge on any atom is 0.338 e. The molecule has 0 aliphatic carbocycles. The van der Waals surface area contributed by atoms with Crippen LogP contribution < -0.4 is 10.2 Å². The summed E-state index contributed by atoms with van der Waals surface area (Å²) in [5.74, 6) is -0.892. The number of aromatic nitrogens is 3. The van der Waals surface area contributed by atoms with E-state index in [1.54, 1.807) is 55.1 Å². The summed E-state index contributed by atoms with van der Waals surface area (Å²) in [7, 11) is 0. The number of benzene rings is 2. The van der Waals surface area contributed by atoms with Crippen LogP contribution in [0.25, 0.3) is 0 Å². The third kappa shape index (κ3) is 4.58. The summed E-state index contributed by atoms with van der Waals surface area (Å²) in [4.78, 5) is 31.7. The summed E-state index contributed by atoms with van der Waals surface area (Å²) in [6.07, 6.45) is 1.34. The van der Waals surface area contributed by atoms with E-state index in [4.69, 9.17) is 16.3 Å². The molecule has 1 N–H and O–H groups in total. The summed E-state index contributed by atoms with van der Waals surface area (Å²) in [6, 6.07) is 11.8. The SMILES string of the molecule is CCOC(=O)C1=C(C)N(CC(=O)Nc2ccc(Cl)cc2)c2ncnn2[C@H]1c1ccc(F)cc1. The van der Waals surface area contributed by atoms with Crippen LogP contribution in [0.4, 0.5) is 16.0 Å². The van der Waals surface area contributed by atoms with Crippen LogP contribution in [-0.4, -0.2) is 39.8 Å². The molecule has 8 nitrogen and oxygen atoms in total. The average Bonchev–Trinajstić information content (AvgIpc) is 3.27. The molecule has 3 aromatic rings. The van der Waals surface area contributed by atoms with Crippen LogP contribution >= 0.6 is 11.6 Å². The first-order valence-corrected chi connectivity index (χ1v) is 10.6. The Labute approximate surface area is 194 Å². The molecule has 0 fully saturated rings. The van der Waals surface area contributed by atoms with Gasteiger partial charge in [-0.15, -0.1) is 0 Å². The van der Waals surface area contributed by atoms with Crippen molar-refractivity contribution in [3.05, 3.63) is 82.5 Å². The van der Waals surface area contributed by atoms with Gasteiger partial charge >= 0.3 is 5.97 Å². The lowest BCUT2D eigenvalue weighted by Crippen LogP contribution is -2.40. The summed E-state index contributed by atoms with van der Waals surface area (Å²) in [6.45, 7) is 3.48. The van der Waals surface area contributed by atoms with Crippen molar-refractivity contribution < 1.29 is 18.7 Å². The minimum absolute atomic E-state index is 0.119. The number of hydrogen-bond acceptors (Lipinski definition) is 6. The fraction of sp³-hybridized carbons (Fsp3) is 0.217. The standard InChI is InChI=1S/C23H21ClFN5O3/c1-3-33-22(32)20-14(2)29(12-19(31)28-18-10-6-16(24)7-11-18)23-26-13-27-30(23)21(20)15-4-8-17(25)9-5-15/h4-11,13,21H,3,12H2,1-2H3,(H,28,31)/t21-/m0/s1. The normalized spacial score (nSPS) is 15.3. The number of ether oxygens (including phenoxy) is 1. The molecular formula is C23H21ClFN5O3. The summed E-state index contributed by atoms with van der Waals surface area (Å²) in [5.41, 5.74) is 2.01. The molecule has 2 aromatic carbocycles. The van der Waals surface area contributed by atoms with Gasteiger partial charge in [-0.2, -0.15) is 10.1 Å². The van der Waals surface area contributed by atoms with Gasteiger partial charge in [0.2, 0.25) is 11.9 Å². The lowest BCUT2D eigenvalue weighted by atomic mass is 9.95. The van der Waals surface area contributed by atoms with E-state index in [1.807, 2.05) is 0 Å². The Morgan fingerprint density at radius 2 is 1.85 bits per heavy atom. The van der Waals surface area contributed by atoms with Crippen LogP contribution in [0.2, 0.25) is 5.02 Å². The van der Waals surface area contributed by atoms with Crippen molar-refractivity contribution in [3.8, 4) is 0 Å². The van der Waals surface area contributed by atoms with Crippen molar-refractivity contribution in [2.75, 3.05) is 23.4 Å². The predicted octanol–water partition coefficient (Wildman–Crippen LogP) is 3.96. The molecule has 0 unspecified atom stereocenters. The first-order chi connectivity index (χ1) is 15.9. The molecule has 2 heterocycles. The monoisotopic (exact) mass is 469 g/mol. The number of allylic oxidation sites excluding steroid dienone is 1. The van der Waals surface area contributed by atoms with Crippen LogP contribution in [-0.2, 0) is 14.3 Å². The zero-order valence-electron chi connectivity index (χ0n) is 18.0. The van der Waals surface area contributed by atoms with Crippen molar-refractivity contribution in [3.63, 3.8) is 0 Å². The second-order valence-electron chi connectivity index (χ2n) is 7.32. The van der Waals surface area contributed by atoms with Gasteiger partial charge in [0.25, 0.3) is 0 Å². The maximum atomic E-state index is 13.6. The van der Waals surface area contributed by atoms with Crippen LogP contribution in [0, 0.1) is 5.82 Å². The number of nitrogens with zero attached hydrogens (tertiary/aromatic N) is 4. The molecular weight excluding hydrogens is 449 g/mol. The van der Waals surface area contributed by atoms with Crippen molar-refractivity contribution in [2.45, 2.75) is 19.9 Å². The van der Waals surface area contributed by atoms with Crippen molar-refractivity contribution in [1.82, 2.24) is 14.8 Å². The molecule has 1 aliphatic rings. The van der Waals surface area contributed by atoms with E-state index in [0.717, 1.165) is 0 Å². The van der Waals surface area contributed by atoms with Crippen LogP contribution in [0.1, 0.15) is 25.5 Å². The second-order valence-corrected chi connectivity index (χ2v) is 7.76. The molecule has 0 bridgehead atoms. The highest BCUT2D eigenvalue weighted by molar-refractivity contribution is 6.30. The summed E-state index contributed by atoms with van der Waals surface area (Å²) >= 11 is 5.90. The maximum absolute atomic E-state index is 13.6. The Morgan fingerprint density at radius 3 is 2.52 bits per heavy atom. The number of hydrogen-bond donors (Lipinski definition) is 1. The van der Waals surface area contributed by atoms with Crippen LogP contribution in [0.3, 0.4) is 0 Å². The highest BCUT2D eigenvalue weighted by atomic mass is 35.5. The zero-order chi connectivity index (χ0) is 23.5. The number of fused-ring (bicyclic) bond motifs is 1. The molecule has 0 saturated carbocycles. The predicted molar refractivity (Wildman–Crippen MR) is 121 cm³/mol. The molecule has 0 saturated heterocycles. The lowest BCUT2D eigenvalue weighted by Gasteiger charge is -2.35. The van der Waals surface area contributed by atoms with Gasteiger partial charge in [-0.25, -0.2) is 13.9 Å². The number of amides is 1. The number of anilines is 2. The largest absolute Gasteiger partial charge is 0.463 e. The molecule has 1 aromatic heterocycles. The van der Waals surface area contributed by atoms with Gasteiger partial charge in [0.1, 0.15) is 24.7 Å². The van der Waals surface area contributed by atoms with E-state index >= 15 is 0 Å². The molecule has 170 valence electrons. The molecule has 10 heteroatoms. The van der Waals surface area contributed by atoms with Crippen LogP contribution in [0.5, 0.6) is 0 Å². The summed E-state index contributed by atoms with van der Waals surface area (Å²) < 4.78 is 20.4. The number of halogens is 2. The summed E-state index contributed by atoms with van der Waals surface area (Å²) in [5, 5.41) is 7.66. The molecule has 0 radical (unpaired) electrons. The molecule has 1 atom stereocenters. The van der Waals surface area contributed by atoms with E-state index in [1.165, 1.54) is 23.1 Å². The molecule has 0 spiro atoms. The fourth-order valence-corrected chi connectivity index (χ4v) is 3.85. The smallest absolute Gasteiger partial charge is 0.338 e. The minimum Gasteiger partial charge on any atom is -0.463 e. The van der Waals surface area contributed by atoms with Gasteiger partial charge in [-0.3, -0.25) is 4.79 Å². The Hall–Kier alpha value is -3.72. The molecule has 4 rings (SSSR count). The number of rotatable bonds is 6. The number of nitrogens with one attached hydrogen (secondary N) is 1. The molecule has 1 aliphatic heterocycles. The van der Waals surface area contributed by atoms with Gasteiger partial charge in [0.05, 0.1) is 12.2 Å². The highest BCUT2D eigenvalue weighted by Crippen LogP contribution is 2.38.